The number of hydrogen-bond acceptors (Lipinski definition) is 2. The van der Waals surface area contributed by atoms with Crippen LogP contribution in [0.5, 0.6) is 0 Å². The minimum Gasteiger partial charge on any atom is -0.386 e. The lowest BCUT2D eigenvalue weighted by Gasteiger charge is -2.09. The molecule has 0 amide bonds. The maximum atomic E-state index is 9.68. The van der Waals surface area contributed by atoms with Gasteiger partial charge in [-0.15, -0.1) is 0 Å². The van der Waals surface area contributed by atoms with Gasteiger partial charge in [0.2, 0.25) is 0 Å². The molecule has 1 aromatic rings. The van der Waals surface area contributed by atoms with E-state index >= 15 is 0 Å². The van der Waals surface area contributed by atoms with Crippen molar-refractivity contribution in [2.45, 2.75) is 6.10 Å². The summed E-state index contributed by atoms with van der Waals surface area (Å²) in [4.78, 5) is 3.70. The Bertz CT molecular complexity index is 357. The third kappa shape index (κ3) is 3.95. The molecule has 15 heavy (non-hydrogen) atoms. The first-order valence-electron chi connectivity index (χ1n) is 4.18. The summed E-state index contributed by atoms with van der Waals surface area (Å²) in [5, 5.41) is 10.6. The van der Waals surface area contributed by atoms with Crippen molar-refractivity contribution >= 4 is 29.2 Å². The van der Waals surface area contributed by atoms with Crippen molar-refractivity contribution in [1.82, 2.24) is 0 Å². The average molecular weight is 248 g/mol. The fourth-order valence-electron chi connectivity index (χ4n) is 1.06. The van der Waals surface area contributed by atoms with Gasteiger partial charge in [0.05, 0.1) is 12.6 Å². The molecular weight excluding hydrogens is 237 g/mol. The molecule has 0 aliphatic carbocycles. The molecule has 0 saturated heterocycles. The van der Waals surface area contributed by atoms with Crippen molar-refractivity contribution in [2.75, 3.05) is 6.54 Å². The maximum Gasteiger partial charge on any atom is 0.186 e. The van der Waals surface area contributed by atoms with Crippen LogP contribution in [0.4, 0.5) is 0 Å². The molecule has 1 unspecified atom stereocenters. The average Bonchev–Trinajstić information content (AvgIpc) is 2.12. The van der Waals surface area contributed by atoms with Crippen molar-refractivity contribution in [3.8, 4) is 0 Å². The molecule has 0 aromatic heterocycles. The Morgan fingerprint density at radius 1 is 1.27 bits per heavy atom. The molecule has 0 aliphatic rings. The van der Waals surface area contributed by atoms with Gasteiger partial charge in [-0.2, -0.15) is 0 Å². The molecular formula is C9H11Cl2N3O. The standard InChI is InChI=1S/C9H11Cl2N3O/c10-6-1-5(2-7(11)3-6)8(15)4-14-9(12)13/h1-3,8,15H,4H2,(H4,12,13,14). The van der Waals surface area contributed by atoms with Crippen molar-refractivity contribution in [2.24, 2.45) is 16.5 Å². The van der Waals surface area contributed by atoms with Crippen molar-refractivity contribution in [3.05, 3.63) is 33.8 Å². The van der Waals surface area contributed by atoms with Crippen LogP contribution in [0.3, 0.4) is 0 Å². The van der Waals surface area contributed by atoms with Crippen molar-refractivity contribution in [1.29, 1.82) is 0 Å². The lowest BCUT2D eigenvalue weighted by atomic mass is 10.1. The first-order valence-corrected chi connectivity index (χ1v) is 4.94. The van der Waals surface area contributed by atoms with Gasteiger partial charge in [-0.3, -0.25) is 4.99 Å². The fraction of sp³-hybridized carbons (Fsp3) is 0.222. The Morgan fingerprint density at radius 2 is 1.80 bits per heavy atom. The van der Waals surface area contributed by atoms with Crippen LogP contribution >= 0.6 is 23.2 Å². The molecule has 0 saturated carbocycles. The molecule has 5 N–H and O–H groups in total. The highest BCUT2D eigenvalue weighted by Crippen LogP contribution is 2.23. The molecule has 1 atom stereocenters. The topological polar surface area (TPSA) is 84.6 Å². The lowest BCUT2D eigenvalue weighted by molar-refractivity contribution is 0.187. The van der Waals surface area contributed by atoms with Gasteiger partial charge in [0.25, 0.3) is 0 Å². The zero-order valence-electron chi connectivity index (χ0n) is 7.82. The highest BCUT2D eigenvalue weighted by Gasteiger charge is 2.08. The Hall–Kier alpha value is -0.970. The second-order valence-corrected chi connectivity index (χ2v) is 3.86. The number of rotatable bonds is 3. The van der Waals surface area contributed by atoms with E-state index in [1.165, 1.54) is 0 Å². The van der Waals surface area contributed by atoms with Gasteiger partial charge in [0.1, 0.15) is 0 Å². The summed E-state index contributed by atoms with van der Waals surface area (Å²) in [5.41, 5.74) is 10.9. The molecule has 0 bridgehead atoms. The van der Waals surface area contributed by atoms with Crippen LogP contribution in [-0.2, 0) is 0 Å². The van der Waals surface area contributed by atoms with Crippen molar-refractivity contribution in [3.63, 3.8) is 0 Å². The van der Waals surface area contributed by atoms with Crippen LogP contribution in [-0.4, -0.2) is 17.6 Å². The number of benzene rings is 1. The molecule has 6 heteroatoms. The van der Waals surface area contributed by atoms with E-state index in [0.29, 0.717) is 15.6 Å². The summed E-state index contributed by atoms with van der Waals surface area (Å²) >= 11 is 11.6. The minimum atomic E-state index is -0.816. The number of aliphatic hydroxyl groups is 1. The van der Waals surface area contributed by atoms with Crippen LogP contribution in [0.1, 0.15) is 11.7 Å². The summed E-state index contributed by atoms with van der Waals surface area (Å²) < 4.78 is 0. The van der Waals surface area contributed by atoms with E-state index in [-0.39, 0.29) is 12.5 Å². The van der Waals surface area contributed by atoms with E-state index in [2.05, 4.69) is 4.99 Å². The van der Waals surface area contributed by atoms with Gasteiger partial charge in [0.15, 0.2) is 5.96 Å². The minimum absolute atomic E-state index is 0.0674. The van der Waals surface area contributed by atoms with E-state index in [1.54, 1.807) is 18.2 Å². The maximum absolute atomic E-state index is 9.68. The van der Waals surface area contributed by atoms with Gasteiger partial charge < -0.3 is 16.6 Å². The monoisotopic (exact) mass is 247 g/mol. The number of halogens is 2. The molecule has 0 radical (unpaired) electrons. The summed E-state index contributed by atoms with van der Waals surface area (Å²) in [6.07, 6.45) is -0.816. The summed E-state index contributed by atoms with van der Waals surface area (Å²) in [7, 11) is 0. The predicted octanol–water partition coefficient (Wildman–Crippen LogP) is 1.30. The quantitative estimate of drug-likeness (QED) is 0.556. The first-order chi connectivity index (χ1) is 6.99. The molecule has 0 heterocycles. The smallest absolute Gasteiger partial charge is 0.186 e. The van der Waals surface area contributed by atoms with Gasteiger partial charge in [-0.25, -0.2) is 0 Å². The Kier molecular flexibility index (Phi) is 4.20. The fourth-order valence-corrected chi connectivity index (χ4v) is 1.61. The Balaban J connectivity index is 2.81. The number of hydrogen-bond donors (Lipinski definition) is 3. The molecule has 1 rings (SSSR count). The van der Waals surface area contributed by atoms with Gasteiger partial charge in [-0.05, 0) is 23.8 Å². The third-order valence-corrected chi connectivity index (χ3v) is 2.15. The summed E-state index contributed by atoms with van der Waals surface area (Å²) in [5.74, 6) is -0.0674. The Labute approximate surface area is 97.5 Å². The molecule has 1 aromatic carbocycles. The molecule has 0 spiro atoms. The number of nitrogens with zero attached hydrogens (tertiary/aromatic N) is 1. The van der Waals surface area contributed by atoms with E-state index in [9.17, 15) is 5.11 Å². The third-order valence-electron chi connectivity index (χ3n) is 1.72. The van der Waals surface area contributed by atoms with Gasteiger partial charge in [-0.1, -0.05) is 23.2 Å². The Morgan fingerprint density at radius 3 is 2.27 bits per heavy atom. The van der Waals surface area contributed by atoms with Gasteiger partial charge in [0, 0.05) is 10.0 Å². The van der Waals surface area contributed by atoms with E-state index in [1.807, 2.05) is 0 Å². The second kappa shape index (κ2) is 5.21. The van der Waals surface area contributed by atoms with E-state index in [4.69, 9.17) is 34.7 Å². The van der Waals surface area contributed by atoms with Crippen molar-refractivity contribution < 1.29 is 5.11 Å². The summed E-state index contributed by atoms with van der Waals surface area (Å²) in [6.45, 7) is 0.0823. The number of aliphatic hydroxyl groups excluding tert-OH is 1. The predicted molar refractivity (Wildman–Crippen MR) is 62.1 cm³/mol. The van der Waals surface area contributed by atoms with Crippen LogP contribution in [0.15, 0.2) is 23.2 Å². The molecule has 82 valence electrons. The largest absolute Gasteiger partial charge is 0.386 e. The zero-order valence-corrected chi connectivity index (χ0v) is 9.33. The zero-order chi connectivity index (χ0) is 11.4. The molecule has 0 aliphatic heterocycles. The van der Waals surface area contributed by atoms with E-state index < -0.39 is 6.10 Å². The van der Waals surface area contributed by atoms with Crippen LogP contribution in [0, 0.1) is 0 Å². The highest BCUT2D eigenvalue weighted by atomic mass is 35.5. The first kappa shape index (κ1) is 12.1. The van der Waals surface area contributed by atoms with E-state index in [0.717, 1.165) is 0 Å². The molecule has 0 fully saturated rings. The SMILES string of the molecule is NC(N)=NCC(O)c1cc(Cl)cc(Cl)c1. The van der Waals surface area contributed by atoms with Crippen LogP contribution in [0.25, 0.3) is 0 Å². The molecule has 4 nitrogen and oxygen atoms in total. The number of aliphatic imine (C=N–C) groups is 1. The summed E-state index contributed by atoms with van der Waals surface area (Å²) in [6, 6.07) is 4.81. The number of guanidine groups is 1. The number of nitrogens with two attached hydrogens (primary N) is 2. The second-order valence-electron chi connectivity index (χ2n) is 2.98. The van der Waals surface area contributed by atoms with Crippen LogP contribution < -0.4 is 11.5 Å². The highest BCUT2D eigenvalue weighted by molar-refractivity contribution is 6.34. The van der Waals surface area contributed by atoms with Gasteiger partial charge >= 0.3 is 0 Å². The van der Waals surface area contributed by atoms with Crippen LogP contribution in [0.2, 0.25) is 10.0 Å². The normalized spacial score (nSPS) is 12.2. The lowest BCUT2D eigenvalue weighted by Crippen LogP contribution is -2.23.